The number of amides is 2. The van der Waals surface area contributed by atoms with Crippen molar-refractivity contribution in [2.24, 2.45) is 0 Å². The van der Waals surface area contributed by atoms with Crippen molar-refractivity contribution in [1.82, 2.24) is 10.6 Å². The van der Waals surface area contributed by atoms with E-state index >= 15 is 0 Å². The zero-order chi connectivity index (χ0) is 19.5. The fourth-order valence-corrected chi connectivity index (χ4v) is 2.23. The van der Waals surface area contributed by atoms with Gasteiger partial charge in [-0.15, -0.1) is 0 Å². The van der Waals surface area contributed by atoms with Crippen LogP contribution in [0, 0.1) is 0 Å². The van der Waals surface area contributed by atoms with Gasteiger partial charge in [-0.1, -0.05) is 42.5 Å². The van der Waals surface area contributed by atoms with Gasteiger partial charge in [0.2, 0.25) is 5.91 Å². The van der Waals surface area contributed by atoms with Gasteiger partial charge in [-0.2, -0.15) is 0 Å². The molecule has 2 rings (SSSR count). The number of carbonyl (C=O) groups is 2. The molecule has 0 aliphatic rings. The first-order valence-electron chi connectivity index (χ1n) is 8.61. The van der Waals surface area contributed by atoms with Crippen LogP contribution in [0.1, 0.15) is 12.5 Å². The van der Waals surface area contributed by atoms with E-state index in [9.17, 15) is 9.59 Å². The molecule has 0 radical (unpaired) electrons. The van der Waals surface area contributed by atoms with Crippen LogP contribution >= 0.6 is 0 Å². The molecule has 7 nitrogen and oxygen atoms in total. The minimum atomic E-state index is -0.723. The molecular weight excluding hydrogens is 348 g/mol. The predicted molar refractivity (Wildman–Crippen MR) is 101 cm³/mol. The van der Waals surface area contributed by atoms with E-state index in [4.69, 9.17) is 14.2 Å². The highest BCUT2D eigenvalue weighted by Gasteiger charge is 2.16. The van der Waals surface area contributed by atoms with E-state index in [1.807, 2.05) is 42.5 Å². The second kappa shape index (κ2) is 10.7. The van der Waals surface area contributed by atoms with Crippen LogP contribution in [0.15, 0.2) is 54.6 Å². The molecule has 1 atom stereocenters. The van der Waals surface area contributed by atoms with Crippen molar-refractivity contribution in [3.63, 3.8) is 0 Å². The van der Waals surface area contributed by atoms with E-state index < -0.39 is 12.1 Å². The van der Waals surface area contributed by atoms with E-state index in [2.05, 4.69) is 10.6 Å². The third-order valence-electron chi connectivity index (χ3n) is 3.67. The molecule has 0 aliphatic carbocycles. The maximum absolute atomic E-state index is 12.0. The molecule has 0 saturated heterocycles. The summed E-state index contributed by atoms with van der Waals surface area (Å²) in [5, 5.41) is 5.19. The summed E-state index contributed by atoms with van der Waals surface area (Å²) < 4.78 is 15.9. The lowest BCUT2D eigenvalue weighted by Crippen LogP contribution is -2.45. The number of carbonyl (C=O) groups excluding carboxylic acids is 2. The smallest absolute Gasteiger partial charge is 0.408 e. The van der Waals surface area contributed by atoms with Gasteiger partial charge in [0.1, 0.15) is 19.3 Å². The zero-order valence-electron chi connectivity index (χ0n) is 15.4. The summed E-state index contributed by atoms with van der Waals surface area (Å²) >= 11 is 0. The first-order chi connectivity index (χ1) is 13.1. The van der Waals surface area contributed by atoms with Crippen LogP contribution in [0.2, 0.25) is 0 Å². The largest absolute Gasteiger partial charge is 0.493 e. The van der Waals surface area contributed by atoms with Gasteiger partial charge in [-0.3, -0.25) is 4.79 Å². The van der Waals surface area contributed by atoms with Gasteiger partial charge in [-0.25, -0.2) is 4.79 Å². The second-order valence-corrected chi connectivity index (χ2v) is 5.72. The van der Waals surface area contributed by atoms with Crippen molar-refractivity contribution in [1.29, 1.82) is 0 Å². The molecule has 144 valence electrons. The Balaban J connectivity index is 1.65. The van der Waals surface area contributed by atoms with Gasteiger partial charge in [0.15, 0.2) is 11.5 Å². The normalized spacial score (nSPS) is 11.2. The van der Waals surface area contributed by atoms with Crippen molar-refractivity contribution >= 4 is 12.0 Å². The number of hydrogen-bond acceptors (Lipinski definition) is 5. The summed E-state index contributed by atoms with van der Waals surface area (Å²) in [6.45, 7) is 2.30. The first kappa shape index (κ1) is 20.1. The van der Waals surface area contributed by atoms with E-state index in [0.29, 0.717) is 18.0 Å². The standard InChI is InChI=1S/C20H24N2O5/c1-15(22-20(24)27-14-16-8-4-3-5-9-16)19(23)21-12-13-26-18-11-7-6-10-17(18)25-2/h3-11,15H,12-14H2,1-2H3,(H,21,23)(H,22,24)/t15-/m0/s1. The van der Waals surface area contributed by atoms with Crippen LogP contribution in [0.25, 0.3) is 0 Å². The minimum absolute atomic E-state index is 0.147. The van der Waals surface area contributed by atoms with Crippen LogP contribution in [0.4, 0.5) is 4.79 Å². The summed E-state index contributed by atoms with van der Waals surface area (Å²) in [5.74, 6) is 0.903. The number of benzene rings is 2. The van der Waals surface area contributed by atoms with E-state index in [1.54, 1.807) is 26.2 Å². The Kier molecular flexibility index (Phi) is 7.96. The van der Waals surface area contributed by atoms with Crippen LogP contribution in [0.3, 0.4) is 0 Å². The molecule has 0 unspecified atom stereocenters. The summed E-state index contributed by atoms with van der Waals surface area (Å²) in [6, 6.07) is 15.8. The van der Waals surface area contributed by atoms with Gasteiger partial charge in [0.25, 0.3) is 0 Å². The molecule has 0 heterocycles. The fraction of sp³-hybridized carbons (Fsp3) is 0.300. The third kappa shape index (κ3) is 6.89. The molecular formula is C20H24N2O5. The molecule has 0 aliphatic heterocycles. The first-order valence-corrected chi connectivity index (χ1v) is 8.61. The molecule has 7 heteroatoms. The maximum atomic E-state index is 12.0. The van der Waals surface area contributed by atoms with Crippen LogP contribution in [-0.4, -0.2) is 38.3 Å². The quantitative estimate of drug-likeness (QED) is 0.661. The molecule has 0 saturated carbocycles. The van der Waals surface area contributed by atoms with Crippen LogP contribution < -0.4 is 20.1 Å². The number of methoxy groups -OCH3 is 1. The zero-order valence-corrected chi connectivity index (χ0v) is 15.4. The lowest BCUT2D eigenvalue weighted by atomic mass is 10.2. The highest BCUT2D eigenvalue weighted by molar-refractivity contribution is 5.85. The molecule has 0 spiro atoms. The fourth-order valence-electron chi connectivity index (χ4n) is 2.23. The Labute approximate surface area is 158 Å². The number of ether oxygens (including phenoxy) is 3. The van der Waals surface area contributed by atoms with Crippen molar-refractivity contribution in [3.8, 4) is 11.5 Å². The number of nitrogens with one attached hydrogen (secondary N) is 2. The maximum Gasteiger partial charge on any atom is 0.408 e. The van der Waals surface area contributed by atoms with Crippen LogP contribution in [0.5, 0.6) is 11.5 Å². The van der Waals surface area contributed by atoms with Crippen molar-refractivity contribution in [2.45, 2.75) is 19.6 Å². The molecule has 2 aromatic rings. The van der Waals surface area contributed by atoms with Crippen molar-refractivity contribution in [2.75, 3.05) is 20.3 Å². The van der Waals surface area contributed by atoms with E-state index in [0.717, 1.165) is 5.56 Å². The molecule has 2 aromatic carbocycles. The van der Waals surface area contributed by atoms with Gasteiger partial charge in [0, 0.05) is 0 Å². The summed E-state index contributed by atoms with van der Waals surface area (Å²) in [7, 11) is 1.56. The number of rotatable bonds is 9. The molecule has 0 fully saturated rings. The molecule has 2 N–H and O–H groups in total. The number of para-hydroxylation sites is 2. The number of hydrogen-bond donors (Lipinski definition) is 2. The Bertz CT molecular complexity index is 736. The van der Waals surface area contributed by atoms with Gasteiger partial charge >= 0.3 is 6.09 Å². The molecule has 2 amide bonds. The van der Waals surface area contributed by atoms with Crippen LogP contribution in [-0.2, 0) is 16.1 Å². The average Bonchev–Trinajstić information content (AvgIpc) is 2.70. The van der Waals surface area contributed by atoms with Crippen molar-refractivity contribution < 1.29 is 23.8 Å². The lowest BCUT2D eigenvalue weighted by Gasteiger charge is -2.15. The highest BCUT2D eigenvalue weighted by Crippen LogP contribution is 2.25. The molecule has 27 heavy (non-hydrogen) atoms. The third-order valence-corrected chi connectivity index (χ3v) is 3.67. The summed E-state index contributed by atoms with van der Waals surface area (Å²) in [4.78, 5) is 23.8. The highest BCUT2D eigenvalue weighted by atomic mass is 16.5. The Morgan fingerprint density at radius 3 is 2.37 bits per heavy atom. The van der Waals surface area contributed by atoms with E-state index in [-0.39, 0.29) is 19.1 Å². The Morgan fingerprint density at radius 2 is 1.67 bits per heavy atom. The topological polar surface area (TPSA) is 85.9 Å². The lowest BCUT2D eigenvalue weighted by molar-refractivity contribution is -0.122. The summed E-state index contributed by atoms with van der Waals surface area (Å²) in [5.41, 5.74) is 0.873. The summed E-state index contributed by atoms with van der Waals surface area (Å²) in [6.07, 6.45) is -0.647. The average molecular weight is 372 g/mol. The van der Waals surface area contributed by atoms with Gasteiger partial charge in [0.05, 0.1) is 13.7 Å². The minimum Gasteiger partial charge on any atom is -0.493 e. The Morgan fingerprint density at radius 1 is 1.00 bits per heavy atom. The van der Waals surface area contributed by atoms with Gasteiger partial charge in [-0.05, 0) is 24.6 Å². The SMILES string of the molecule is COc1ccccc1OCCNC(=O)[C@H](C)NC(=O)OCc1ccccc1. The number of alkyl carbamates (subject to hydrolysis) is 1. The molecule has 0 aromatic heterocycles. The van der Waals surface area contributed by atoms with E-state index in [1.165, 1.54) is 0 Å². The monoisotopic (exact) mass is 372 g/mol. The van der Waals surface area contributed by atoms with Crippen molar-refractivity contribution in [3.05, 3.63) is 60.2 Å². The molecule has 0 bridgehead atoms. The van der Waals surface area contributed by atoms with Gasteiger partial charge < -0.3 is 24.8 Å². The predicted octanol–water partition coefficient (Wildman–Crippen LogP) is 2.51. The Hall–Kier alpha value is -3.22. The second-order valence-electron chi connectivity index (χ2n) is 5.72.